The third kappa shape index (κ3) is 2.98. The van der Waals surface area contributed by atoms with Crippen LogP contribution >= 0.6 is 0 Å². The highest BCUT2D eigenvalue weighted by Gasteiger charge is 2.16. The monoisotopic (exact) mass is 343 g/mol. The minimum atomic E-state index is -0.332. The van der Waals surface area contributed by atoms with E-state index in [1.807, 2.05) is 30.3 Å². The first-order valence-corrected chi connectivity index (χ1v) is 8.08. The van der Waals surface area contributed by atoms with Gasteiger partial charge in [0.15, 0.2) is 5.65 Å². The molecule has 0 radical (unpaired) electrons. The second-order valence-electron chi connectivity index (χ2n) is 5.76. The molecule has 4 aromatic rings. The summed E-state index contributed by atoms with van der Waals surface area (Å²) in [5, 5.41) is 17.3. The van der Waals surface area contributed by atoms with Crippen LogP contribution in [0.15, 0.2) is 66.9 Å². The van der Waals surface area contributed by atoms with Crippen LogP contribution in [-0.4, -0.2) is 14.6 Å². The van der Waals surface area contributed by atoms with Crippen LogP contribution in [0.2, 0.25) is 0 Å². The smallest absolute Gasteiger partial charge is 0.175 e. The van der Waals surface area contributed by atoms with E-state index in [2.05, 4.69) is 21.5 Å². The van der Waals surface area contributed by atoms with E-state index < -0.39 is 0 Å². The molecule has 1 N–H and O–H groups in total. The van der Waals surface area contributed by atoms with Crippen molar-refractivity contribution in [3.05, 3.63) is 83.8 Å². The lowest BCUT2D eigenvalue weighted by Gasteiger charge is -2.05. The number of hydrogen-bond acceptors (Lipinski definition) is 4. The molecule has 0 aliphatic carbocycles. The van der Waals surface area contributed by atoms with Gasteiger partial charge in [0.25, 0.3) is 0 Å². The van der Waals surface area contributed by atoms with Crippen molar-refractivity contribution in [1.29, 1.82) is 5.26 Å². The molecule has 2 aromatic carbocycles. The van der Waals surface area contributed by atoms with Gasteiger partial charge in [0, 0.05) is 18.3 Å². The summed E-state index contributed by atoms with van der Waals surface area (Å²) in [6.07, 6.45) is 1.75. The maximum absolute atomic E-state index is 13.2. The lowest BCUT2D eigenvalue weighted by molar-refractivity contribution is 0.628. The first-order chi connectivity index (χ1) is 12.7. The summed E-state index contributed by atoms with van der Waals surface area (Å²) < 4.78 is 14.7. The molecule has 126 valence electrons. The molecule has 26 heavy (non-hydrogen) atoms. The zero-order valence-corrected chi connectivity index (χ0v) is 13.7. The Morgan fingerprint density at radius 3 is 2.54 bits per heavy atom. The van der Waals surface area contributed by atoms with Crippen LogP contribution in [-0.2, 0) is 6.54 Å². The average Bonchev–Trinajstić information content (AvgIpc) is 3.05. The van der Waals surface area contributed by atoms with Gasteiger partial charge in [-0.25, -0.2) is 13.9 Å². The molecular formula is C20H14FN5. The summed E-state index contributed by atoms with van der Waals surface area (Å²) >= 11 is 0. The van der Waals surface area contributed by atoms with Crippen LogP contribution in [0.3, 0.4) is 0 Å². The van der Waals surface area contributed by atoms with Gasteiger partial charge < -0.3 is 5.32 Å². The van der Waals surface area contributed by atoms with Gasteiger partial charge in [-0.2, -0.15) is 10.4 Å². The van der Waals surface area contributed by atoms with Gasteiger partial charge in [-0.1, -0.05) is 30.3 Å². The molecule has 0 atom stereocenters. The molecule has 2 aromatic heterocycles. The van der Waals surface area contributed by atoms with Crippen molar-refractivity contribution in [2.24, 2.45) is 0 Å². The van der Waals surface area contributed by atoms with Gasteiger partial charge in [-0.3, -0.25) is 0 Å². The van der Waals surface area contributed by atoms with Crippen LogP contribution in [0.5, 0.6) is 0 Å². The Morgan fingerprint density at radius 1 is 1.04 bits per heavy atom. The van der Waals surface area contributed by atoms with E-state index in [0.29, 0.717) is 34.8 Å². The summed E-state index contributed by atoms with van der Waals surface area (Å²) in [5.74, 6) is 0.324. The fourth-order valence-electron chi connectivity index (χ4n) is 2.73. The number of aromatic nitrogens is 3. The summed E-state index contributed by atoms with van der Waals surface area (Å²) in [4.78, 5) is 4.52. The lowest BCUT2D eigenvalue weighted by Crippen LogP contribution is -2.02. The highest BCUT2D eigenvalue weighted by molar-refractivity contribution is 5.75. The van der Waals surface area contributed by atoms with Crippen molar-refractivity contribution in [3.8, 4) is 17.3 Å². The van der Waals surface area contributed by atoms with Crippen molar-refractivity contribution in [1.82, 2.24) is 14.6 Å². The minimum absolute atomic E-state index is 0.332. The van der Waals surface area contributed by atoms with E-state index in [4.69, 9.17) is 0 Å². The molecular weight excluding hydrogens is 329 g/mol. The molecule has 0 fully saturated rings. The summed E-state index contributed by atoms with van der Waals surface area (Å²) in [7, 11) is 0. The van der Waals surface area contributed by atoms with E-state index in [9.17, 15) is 9.65 Å². The van der Waals surface area contributed by atoms with Crippen molar-refractivity contribution in [2.75, 3.05) is 5.32 Å². The quantitative estimate of drug-likeness (QED) is 0.608. The van der Waals surface area contributed by atoms with Gasteiger partial charge in [0.05, 0.1) is 0 Å². The largest absolute Gasteiger partial charge is 0.366 e. The van der Waals surface area contributed by atoms with E-state index in [-0.39, 0.29) is 5.82 Å². The minimum Gasteiger partial charge on any atom is -0.366 e. The number of anilines is 1. The average molecular weight is 343 g/mol. The van der Waals surface area contributed by atoms with Gasteiger partial charge in [0.2, 0.25) is 0 Å². The molecule has 0 aliphatic rings. The van der Waals surface area contributed by atoms with E-state index >= 15 is 0 Å². The van der Waals surface area contributed by atoms with Crippen LogP contribution in [0.4, 0.5) is 10.2 Å². The standard InChI is InChI=1S/C20H14FN5/c21-16-8-6-15(7-9-16)19-17(12-22)20-24-18(10-11-26(20)25-19)23-13-14-4-2-1-3-5-14/h1-11H,13H2,(H,23,24). The Labute approximate surface area is 149 Å². The van der Waals surface area contributed by atoms with Crippen molar-refractivity contribution < 1.29 is 4.39 Å². The number of hydrogen-bond donors (Lipinski definition) is 1. The SMILES string of the molecule is N#Cc1c(-c2ccc(F)cc2)nn2ccc(NCc3ccccc3)nc12. The molecule has 0 saturated carbocycles. The molecule has 0 spiro atoms. The number of nitrogens with zero attached hydrogens (tertiary/aromatic N) is 4. The number of nitriles is 1. The van der Waals surface area contributed by atoms with Crippen molar-refractivity contribution in [2.45, 2.75) is 6.54 Å². The summed E-state index contributed by atoms with van der Waals surface area (Å²) in [5.41, 5.74) is 3.12. The van der Waals surface area contributed by atoms with E-state index in [1.54, 1.807) is 28.9 Å². The summed E-state index contributed by atoms with van der Waals surface area (Å²) in [6, 6.07) is 19.9. The predicted molar refractivity (Wildman–Crippen MR) is 96.9 cm³/mol. The Bertz CT molecular complexity index is 1090. The number of benzene rings is 2. The molecule has 0 bridgehead atoms. The zero-order chi connectivity index (χ0) is 17.9. The second kappa shape index (κ2) is 6.65. The fraction of sp³-hybridized carbons (Fsp3) is 0.0500. The van der Waals surface area contributed by atoms with Crippen molar-refractivity contribution in [3.63, 3.8) is 0 Å². The number of halogens is 1. The molecule has 2 heterocycles. The third-order valence-electron chi connectivity index (χ3n) is 4.03. The molecule has 0 unspecified atom stereocenters. The lowest BCUT2D eigenvalue weighted by atomic mass is 10.1. The zero-order valence-electron chi connectivity index (χ0n) is 13.7. The summed E-state index contributed by atoms with van der Waals surface area (Å²) in [6.45, 7) is 0.630. The second-order valence-corrected chi connectivity index (χ2v) is 5.76. The Balaban J connectivity index is 1.69. The predicted octanol–water partition coefficient (Wildman–Crippen LogP) is 4.02. The molecule has 5 nitrogen and oxygen atoms in total. The molecule has 0 amide bonds. The maximum Gasteiger partial charge on any atom is 0.175 e. The van der Waals surface area contributed by atoms with Gasteiger partial charge in [0.1, 0.15) is 29.0 Å². The molecule has 0 aliphatic heterocycles. The Kier molecular flexibility index (Phi) is 4.04. The Morgan fingerprint density at radius 2 is 1.81 bits per heavy atom. The van der Waals surface area contributed by atoms with E-state index in [0.717, 1.165) is 5.56 Å². The van der Waals surface area contributed by atoms with Crippen LogP contribution in [0.25, 0.3) is 16.9 Å². The highest BCUT2D eigenvalue weighted by Crippen LogP contribution is 2.25. The van der Waals surface area contributed by atoms with Gasteiger partial charge in [-0.05, 0) is 35.9 Å². The van der Waals surface area contributed by atoms with Crippen LogP contribution in [0.1, 0.15) is 11.1 Å². The van der Waals surface area contributed by atoms with Gasteiger partial charge in [-0.15, -0.1) is 0 Å². The third-order valence-corrected chi connectivity index (χ3v) is 4.03. The number of fused-ring (bicyclic) bond motifs is 1. The van der Waals surface area contributed by atoms with Gasteiger partial charge >= 0.3 is 0 Å². The maximum atomic E-state index is 13.2. The van der Waals surface area contributed by atoms with E-state index in [1.165, 1.54) is 12.1 Å². The topological polar surface area (TPSA) is 66.0 Å². The fourth-order valence-corrected chi connectivity index (χ4v) is 2.73. The number of rotatable bonds is 4. The molecule has 4 rings (SSSR count). The van der Waals surface area contributed by atoms with Crippen LogP contribution in [0, 0.1) is 17.1 Å². The van der Waals surface area contributed by atoms with Crippen molar-refractivity contribution >= 4 is 11.5 Å². The number of nitrogens with one attached hydrogen (secondary N) is 1. The highest BCUT2D eigenvalue weighted by atomic mass is 19.1. The van der Waals surface area contributed by atoms with Crippen LogP contribution < -0.4 is 5.32 Å². The molecule has 0 saturated heterocycles. The molecule has 6 heteroatoms. The Hall–Kier alpha value is -3.72. The first-order valence-electron chi connectivity index (χ1n) is 8.08. The first kappa shape index (κ1) is 15.8. The normalized spacial score (nSPS) is 10.6.